The van der Waals surface area contributed by atoms with Gasteiger partial charge in [0.1, 0.15) is 6.04 Å². The van der Waals surface area contributed by atoms with Crippen molar-refractivity contribution < 1.29 is 19.5 Å². The van der Waals surface area contributed by atoms with Crippen molar-refractivity contribution in [2.75, 3.05) is 0 Å². The predicted octanol–water partition coefficient (Wildman–Crippen LogP) is 2.62. The van der Waals surface area contributed by atoms with Crippen LogP contribution in [0.2, 0.25) is 0 Å². The van der Waals surface area contributed by atoms with Gasteiger partial charge >= 0.3 is 5.97 Å². The van der Waals surface area contributed by atoms with Crippen LogP contribution in [-0.4, -0.2) is 33.8 Å². The van der Waals surface area contributed by atoms with Gasteiger partial charge in [0.05, 0.1) is 0 Å². The number of hydrogen-bond acceptors (Lipinski definition) is 3. The maximum absolute atomic E-state index is 12.2. The van der Waals surface area contributed by atoms with Crippen molar-refractivity contribution in [1.29, 1.82) is 0 Å². The summed E-state index contributed by atoms with van der Waals surface area (Å²) in [4.78, 5) is 38.3. The molecule has 0 aliphatic carbocycles. The van der Waals surface area contributed by atoms with E-state index in [1.807, 2.05) is 6.92 Å². The fraction of sp³-hybridized carbons (Fsp3) is 0.278. The van der Waals surface area contributed by atoms with E-state index in [0.29, 0.717) is 23.1 Å². The second-order valence-corrected chi connectivity index (χ2v) is 5.51. The van der Waals surface area contributed by atoms with Crippen LogP contribution in [0.4, 0.5) is 0 Å². The minimum atomic E-state index is -1.05. The molecule has 0 spiro atoms. The molecule has 6 heteroatoms. The lowest BCUT2D eigenvalue weighted by Gasteiger charge is -2.14. The van der Waals surface area contributed by atoms with Crippen LogP contribution >= 0.6 is 0 Å². The molecule has 2 aromatic rings. The summed E-state index contributed by atoms with van der Waals surface area (Å²) < 4.78 is 0. The Bertz CT molecular complexity index is 705. The molecule has 1 unspecified atom stereocenters. The smallest absolute Gasteiger partial charge is 0.326 e. The Morgan fingerprint density at radius 3 is 2.29 bits per heavy atom. The second-order valence-electron chi connectivity index (χ2n) is 5.51. The highest BCUT2D eigenvalue weighted by molar-refractivity contribution is 6.09. The minimum Gasteiger partial charge on any atom is -0.480 e. The number of ketones is 1. The third-order valence-electron chi connectivity index (χ3n) is 3.72. The number of nitrogens with one attached hydrogen (secondary N) is 2. The molecular weight excluding hydrogens is 308 g/mol. The highest BCUT2D eigenvalue weighted by atomic mass is 16.4. The Morgan fingerprint density at radius 1 is 1.08 bits per heavy atom. The van der Waals surface area contributed by atoms with E-state index in [1.54, 1.807) is 30.6 Å². The summed E-state index contributed by atoms with van der Waals surface area (Å²) in [5, 5.41) is 11.7. The van der Waals surface area contributed by atoms with Crippen LogP contribution in [0.3, 0.4) is 0 Å². The molecule has 0 aliphatic heterocycles. The molecule has 1 amide bonds. The molecule has 2 rings (SSSR count). The summed E-state index contributed by atoms with van der Waals surface area (Å²) in [6.45, 7) is 1.96. The molecule has 1 aromatic carbocycles. The molecule has 1 heterocycles. The van der Waals surface area contributed by atoms with E-state index in [9.17, 15) is 14.4 Å². The molecule has 0 saturated carbocycles. The number of aromatic amines is 1. The number of aliphatic carboxylic acids is 1. The van der Waals surface area contributed by atoms with Crippen molar-refractivity contribution in [1.82, 2.24) is 10.3 Å². The Labute approximate surface area is 139 Å². The Kier molecular flexibility index (Phi) is 5.89. The van der Waals surface area contributed by atoms with Gasteiger partial charge in [0.25, 0.3) is 5.91 Å². The van der Waals surface area contributed by atoms with Crippen LogP contribution in [0.25, 0.3) is 0 Å². The molecule has 0 radical (unpaired) electrons. The zero-order valence-electron chi connectivity index (χ0n) is 13.4. The van der Waals surface area contributed by atoms with Gasteiger partial charge in [0.15, 0.2) is 5.78 Å². The maximum Gasteiger partial charge on any atom is 0.326 e. The maximum atomic E-state index is 12.2. The van der Waals surface area contributed by atoms with Crippen molar-refractivity contribution in [2.45, 2.75) is 32.2 Å². The first-order valence-corrected chi connectivity index (χ1v) is 7.84. The summed E-state index contributed by atoms with van der Waals surface area (Å²) in [5.74, 6) is -1.65. The van der Waals surface area contributed by atoms with Crippen molar-refractivity contribution in [3.63, 3.8) is 0 Å². The lowest BCUT2D eigenvalue weighted by molar-refractivity contribution is -0.139. The predicted molar refractivity (Wildman–Crippen MR) is 89.1 cm³/mol. The van der Waals surface area contributed by atoms with Gasteiger partial charge in [0, 0.05) is 29.1 Å². The highest BCUT2D eigenvalue weighted by Gasteiger charge is 2.20. The van der Waals surface area contributed by atoms with Crippen LogP contribution in [0.1, 0.15) is 52.5 Å². The third kappa shape index (κ3) is 4.32. The zero-order chi connectivity index (χ0) is 17.5. The molecule has 1 aromatic heterocycles. The topological polar surface area (TPSA) is 99.3 Å². The van der Waals surface area contributed by atoms with Crippen LogP contribution in [0, 0.1) is 0 Å². The van der Waals surface area contributed by atoms with Gasteiger partial charge < -0.3 is 15.4 Å². The number of carbonyl (C=O) groups excluding carboxylic acids is 2. The van der Waals surface area contributed by atoms with Gasteiger partial charge in [-0.3, -0.25) is 9.59 Å². The molecule has 3 N–H and O–H groups in total. The number of amides is 1. The fourth-order valence-corrected chi connectivity index (χ4v) is 2.31. The minimum absolute atomic E-state index is 0.144. The zero-order valence-corrected chi connectivity index (χ0v) is 13.4. The lowest BCUT2D eigenvalue weighted by atomic mass is 10.0. The molecule has 126 valence electrons. The molecule has 1 atom stereocenters. The van der Waals surface area contributed by atoms with Gasteiger partial charge in [0.2, 0.25) is 0 Å². The summed E-state index contributed by atoms with van der Waals surface area (Å²) in [6.07, 6.45) is 5.24. The standard InChI is InChI=1S/C18H20N2O4/c1-2-3-4-15(18(23)24)20-17(22)13-7-5-12(6-8-13)16(21)14-9-10-19-11-14/h5-11,15,19H,2-4H2,1H3,(H,20,22)(H,23,24). The molecule has 0 bridgehead atoms. The van der Waals surface area contributed by atoms with Gasteiger partial charge in [-0.05, 0) is 24.6 Å². The number of hydrogen-bond donors (Lipinski definition) is 3. The molecule has 24 heavy (non-hydrogen) atoms. The van der Waals surface area contributed by atoms with E-state index in [-0.39, 0.29) is 5.78 Å². The average Bonchev–Trinajstić information content (AvgIpc) is 3.12. The van der Waals surface area contributed by atoms with E-state index >= 15 is 0 Å². The van der Waals surface area contributed by atoms with Crippen molar-refractivity contribution >= 4 is 17.7 Å². The normalized spacial score (nSPS) is 11.7. The second kappa shape index (κ2) is 8.10. The number of unbranched alkanes of at least 4 members (excludes halogenated alkanes) is 1. The summed E-state index contributed by atoms with van der Waals surface area (Å²) in [5.41, 5.74) is 1.33. The largest absolute Gasteiger partial charge is 0.480 e. The van der Waals surface area contributed by atoms with E-state index < -0.39 is 17.9 Å². The van der Waals surface area contributed by atoms with Crippen LogP contribution in [0.15, 0.2) is 42.7 Å². The van der Waals surface area contributed by atoms with Gasteiger partial charge in [-0.15, -0.1) is 0 Å². The van der Waals surface area contributed by atoms with Crippen molar-refractivity contribution in [3.05, 3.63) is 59.4 Å². The number of carboxylic acids is 1. The third-order valence-corrected chi connectivity index (χ3v) is 3.72. The van der Waals surface area contributed by atoms with E-state index in [0.717, 1.165) is 12.8 Å². The number of carbonyl (C=O) groups is 3. The Morgan fingerprint density at radius 2 is 1.75 bits per heavy atom. The number of aromatic nitrogens is 1. The van der Waals surface area contributed by atoms with E-state index in [2.05, 4.69) is 10.3 Å². The molecule has 6 nitrogen and oxygen atoms in total. The van der Waals surface area contributed by atoms with Crippen molar-refractivity contribution in [3.8, 4) is 0 Å². The molecular formula is C18H20N2O4. The molecule has 0 fully saturated rings. The van der Waals surface area contributed by atoms with E-state index in [1.165, 1.54) is 12.1 Å². The summed E-state index contributed by atoms with van der Waals surface area (Å²) in [7, 11) is 0. The average molecular weight is 328 g/mol. The van der Waals surface area contributed by atoms with Crippen LogP contribution < -0.4 is 5.32 Å². The highest BCUT2D eigenvalue weighted by Crippen LogP contribution is 2.11. The molecule has 0 aliphatic rings. The SMILES string of the molecule is CCCCC(NC(=O)c1ccc(C(=O)c2cc[nH]c2)cc1)C(=O)O. The first-order valence-electron chi connectivity index (χ1n) is 7.84. The van der Waals surface area contributed by atoms with Crippen molar-refractivity contribution in [2.24, 2.45) is 0 Å². The van der Waals surface area contributed by atoms with Gasteiger partial charge in [-0.1, -0.05) is 31.9 Å². The van der Waals surface area contributed by atoms with E-state index in [4.69, 9.17) is 5.11 Å². The van der Waals surface area contributed by atoms with Gasteiger partial charge in [-0.2, -0.15) is 0 Å². The van der Waals surface area contributed by atoms with Crippen LogP contribution in [-0.2, 0) is 4.79 Å². The first kappa shape index (κ1) is 17.5. The Balaban J connectivity index is 2.05. The molecule has 0 saturated heterocycles. The fourth-order valence-electron chi connectivity index (χ4n) is 2.31. The monoisotopic (exact) mass is 328 g/mol. The first-order chi connectivity index (χ1) is 11.5. The quantitative estimate of drug-likeness (QED) is 0.649. The lowest BCUT2D eigenvalue weighted by Crippen LogP contribution is -2.40. The number of H-pyrrole nitrogens is 1. The van der Waals surface area contributed by atoms with Gasteiger partial charge in [-0.25, -0.2) is 4.79 Å². The van der Waals surface area contributed by atoms with Crippen LogP contribution in [0.5, 0.6) is 0 Å². The number of carboxylic acid groups (broad SMARTS) is 1. The Hall–Kier alpha value is -2.89. The number of rotatable bonds is 8. The summed E-state index contributed by atoms with van der Waals surface area (Å²) in [6, 6.07) is 6.94. The number of benzene rings is 1. The summed E-state index contributed by atoms with van der Waals surface area (Å²) >= 11 is 0.